The zero-order valence-electron chi connectivity index (χ0n) is 10.6. The lowest BCUT2D eigenvalue weighted by molar-refractivity contribution is 0.337. The van der Waals surface area contributed by atoms with Crippen molar-refractivity contribution in [1.82, 2.24) is 0 Å². The van der Waals surface area contributed by atoms with E-state index in [-0.39, 0.29) is 5.92 Å². The number of rotatable bonds is 4. The third-order valence-corrected chi connectivity index (χ3v) is 2.74. The van der Waals surface area contributed by atoms with Crippen molar-refractivity contribution in [2.45, 2.75) is 34.1 Å². The fourth-order valence-corrected chi connectivity index (χ4v) is 1.77. The smallest absolute Gasteiger partial charge is 0.122 e. The largest absolute Gasteiger partial charge is 0.494 e. The van der Waals surface area contributed by atoms with Crippen molar-refractivity contribution < 1.29 is 4.74 Å². The van der Waals surface area contributed by atoms with Crippen LogP contribution in [0.4, 0.5) is 0 Å². The van der Waals surface area contributed by atoms with Crippen LogP contribution in [0.5, 0.6) is 5.75 Å². The monoisotopic (exact) mass is 216 g/mol. The van der Waals surface area contributed by atoms with Gasteiger partial charge in [0.2, 0.25) is 0 Å². The Balaban J connectivity index is 2.97. The molecule has 1 rings (SSSR count). The van der Waals surface area contributed by atoms with Gasteiger partial charge in [0.25, 0.3) is 0 Å². The minimum Gasteiger partial charge on any atom is -0.494 e. The summed E-state index contributed by atoms with van der Waals surface area (Å²) in [5, 5.41) is 0. The molecule has 0 aliphatic heterocycles. The summed E-state index contributed by atoms with van der Waals surface area (Å²) in [5.41, 5.74) is 3.77. The Kier molecular flexibility index (Phi) is 4.43. The Bertz CT molecular complexity index is 399. The topological polar surface area (TPSA) is 9.23 Å². The van der Waals surface area contributed by atoms with Gasteiger partial charge in [-0.3, -0.25) is 0 Å². The predicted molar refractivity (Wildman–Crippen MR) is 68.8 cm³/mol. The second-order valence-corrected chi connectivity index (χ2v) is 4.25. The summed E-state index contributed by atoms with van der Waals surface area (Å²) >= 11 is 0. The number of aryl methyl sites for hydroxylation is 2. The maximum atomic E-state index is 5.56. The predicted octanol–water partition coefficient (Wildman–Crippen LogP) is 3.51. The molecule has 0 saturated carbocycles. The molecule has 1 nitrogen and oxygen atoms in total. The first kappa shape index (κ1) is 12.6. The molecule has 0 N–H and O–H groups in total. The SMILES string of the molecule is C#CC(C)Cc1cc(C)c(OCC)cc1C. The van der Waals surface area contributed by atoms with Gasteiger partial charge in [-0.2, -0.15) is 0 Å². The molecule has 0 aliphatic carbocycles. The first-order valence-corrected chi connectivity index (χ1v) is 5.77. The van der Waals surface area contributed by atoms with E-state index < -0.39 is 0 Å². The third kappa shape index (κ3) is 3.03. The van der Waals surface area contributed by atoms with Crippen LogP contribution in [0.3, 0.4) is 0 Å². The number of terminal acetylenes is 1. The number of ether oxygens (including phenoxy) is 1. The van der Waals surface area contributed by atoms with Crippen molar-refractivity contribution in [2.24, 2.45) is 5.92 Å². The van der Waals surface area contributed by atoms with Crippen molar-refractivity contribution in [2.75, 3.05) is 6.61 Å². The summed E-state index contributed by atoms with van der Waals surface area (Å²) in [6, 6.07) is 4.30. The molecule has 0 fully saturated rings. The fourth-order valence-electron chi connectivity index (χ4n) is 1.77. The summed E-state index contributed by atoms with van der Waals surface area (Å²) in [6.45, 7) is 8.98. The molecule has 0 heterocycles. The second kappa shape index (κ2) is 5.61. The Morgan fingerprint density at radius 1 is 1.31 bits per heavy atom. The Labute approximate surface area is 98.8 Å². The quantitative estimate of drug-likeness (QED) is 0.700. The summed E-state index contributed by atoms with van der Waals surface area (Å²) in [4.78, 5) is 0. The Hall–Kier alpha value is -1.42. The van der Waals surface area contributed by atoms with E-state index in [1.807, 2.05) is 6.92 Å². The maximum Gasteiger partial charge on any atom is 0.122 e. The van der Waals surface area contributed by atoms with Crippen LogP contribution < -0.4 is 4.74 Å². The molecule has 0 spiro atoms. The molecule has 0 bridgehead atoms. The van der Waals surface area contributed by atoms with Crippen LogP contribution in [0, 0.1) is 32.1 Å². The highest BCUT2D eigenvalue weighted by Gasteiger charge is 2.07. The highest BCUT2D eigenvalue weighted by molar-refractivity contribution is 5.42. The van der Waals surface area contributed by atoms with Crippen LogP contribution in [0.2, 0.25) is 0 Å². The molecule has 0 saturated heterocycles. The van der Waals surface area contributed by atoms with E-state index in [4.69, 9.17) is 11.2 Å². The average Bonchev–Trinajstić information content (AvgIpc) is 2.25. The van der Waals surface area contributed by atoms with Crippen molar-refractivity contribution >= 4 is 0 Å². The van der Waals surface area contributed by atoms with Gasteiger partial charge < -0.3 is 4.74 Å². The normalized spacial score (nSPS) is 11.9. The van der Waals surface area contributed by atoms with Crippen molar-refractivity contribution in [3.05, 3.63) is 28.8 Å². The number of hydrogen-bond acceptors (Lipinski definition) is 1. The molecule has 0 radical (unpaired) electrons. The van der Waals surface area contributed by atoms with Gasteiger partial charge in [-0.15, -0.1) is 12.3 Å². The van der Waals surface area contributed by atoms with E-state index in [9.17, 15) is 0 Å². The molecule has 0 aliphatic rings. The lowest BCUT2D eigenvalue weighted by Crippen LogP contribution is -2.01. The van der Waals surface area contributed by atoms with Gasteiger partial charge in [0.05, 0.1) is 6.61 Å². The van der Waals surface area contributed by atoms with E-state index in [0.29, 0.717) is 6.61 Å². The first-order valence-electron chi connectivity index (χ1n) is 5.77. The molecule has 1 heteroatoms. The number of hydrogen-bond donors (Lipinski definition) is 0. The van der Waals surface area contributed by atoms with Crippen LogP contribution >= 0.6 is 0 Å². The van der Waals surface area contributed by atoms with Crippen molar-refractivity contribution in [3.8, 4) is 18.1 Å². The van der Waals surface area contributed by atoms with Gasteiger partial charge in [-0.25, -0.2) is 0 Å². The first-order chi connectivity index (χ1) is 7.58. The van der Waals surface area contributed by atoms with Crippen LogP contribution in [0.25, 0.3) is 0 Å². The van der Waals surface area contributed by atoms with Gasteiger partial charge in [-0.05, 0) is 49.9 Å². The molecule has 1 aromatic rings. The van der Waals surface area contributed by atoms with Gasteiger partial charge in [0.15, 0.2) is 0 Å². The highest BCUT2D eigenvalue weighted by Crippen LogP contribution is 2.24. The molecular formula is C15H20O. The molecular weight excluding hydrogens is 196 g/mol. The molecule has 0 aromatic heterocycles. The van der Waals surface area contributed by atoms with Crippen molar-refractivity contribution in [3.63, 3.8) is 0 Å². The zero-order valence-corrected chi connectivity index (χ0v) is 10.6. The molecule has 86 valence electrons. The maximum absolute atomic E-state index is 5.56. The fraction of sp³-hybridized carbons (Fsp3) is 0.467. The molecule has 1 unspecified atom stereocenters. The number of benzene rings is 1. The second-order valence-electron chi connectivity index (χ2n) is 4.25. The lowest BCUT2D eigenvalue weighted by Gasteiger charge is -2.13. The lowest BCUT2D eigenvalue weighted by atomic mass is 9.96. The summed E-state index contributed by atoms with van der Waals surface area (Å²) in [7, 11) is 0. The Morgan fingerprint density at radius 2 is 2.00 bits per heavy atom. The van der Waals surface area contributed by atoms with Crippen molar-refractivity contribution in [1.29, 1.82) is 0 Å². The zero-order chi connectivity index (χ0) is 12.1. The third-order valence-electron chi connectivity index (χ3n) is 2.74. The van der Waals surface area contributed by atoms with Crippen LogP contribution in [-0.2, 0) is 6.42 Å². The standard InChI is InChI=1S/C15H20O/c1-6-11(3)8-14-9-13(5)15(16-7-2)10-12(14)4/h1,9-11H,7-8H2,2-5H3. The highest BCUT2D eigenvalue weighted by atomic mass is 16.5. The van der Waals surface area contributed by atoms with E-state index in [1.165, 1.54) is 16.7 Å². The van der Waals surface area contributed by atoms with Gasteiger partial charge in [0.1, 0.15) is 5.75 Å². The summed E-state index contributed by atoms with van der Waals surface area (Å²) in [6.07, 6.45) is 6.35. The van der Waals surface area contributed by atoms with Gasteiger partial charge in [0, 0.05) is 5.92 Å². The van der Waals surface area contributed by atoms with E-state index in [2.05, 4.69) is 38.8 Å². The summed E-state index contributed by atoms with van der Waals surface area (Å²) in [5.74, 6) is 4.04. The van der Waals surface area contributed by atoms with Gasteiger partial charge in [-0.1, -0.05) is 13.0 Å². The molecule has 1 aromatic carbocycles. The average molecular weight is 216 g/mol. The minimum absolute atomic E-state index is 0.288. The molecule has 16 heavy (non-hydrogen) atoms. The van der Waals surface area contributed by atoms with E-state index in [1.54, 1.807) is 0 Å². The van der Waals surface area contributed by atoms with Gasteiger partial charge >= 0.3 is 0 Å². The molecule has 1 atom stereocenters. The molecule has 0 amide bonds. The van der Waals surface area contributed by atoms with Crippen LogP contribution in [-0.4, -0.2) is 6.61 Å². The van der Waals surface area contributed by atoms with E-state index >= 15 is 0 Å². The summed E-state index contributed by atoms with van der Waals surface area (Å²) < 4.78 is 5.56. The van der Waals surface area contributed by atoms with Crippen LogP contribution in [0.15, 0.2) is 12.1 Å². The van der Waals surface area contributed by atoms with E-state index in [0.717, 1.165) is 12.2 Å². The minimum atomic E-state index is 0.288. The Morgan fingerprint density at radius 3 is 2.56 bits per heavy atom. The van der Waals surface area contributed by atoms with Crippen LogP contribution in [0.1, 0.15) is 30.5 Å².